The maximum absolute atomic E-state index is 11.4. The summed E-state index contributed by atoms with van der Waals surface area (Å²) in [5.74, 6) is 4.79. The van der Waals surface area contributed by atoms with Gasteiger partial charge in [-0.15, -0.1) is 0 Å². The highest BCUT2D eigenvalue weighted by atomic mass is 79.9. The molecule has 4 N–H and O–H groups in total. The summed E-state index contributed by atoms with van der Waals surface area (Å²) >= 11 is 3.47. The Hall–Kier alpha value is -0.950. The fourth-order valence-corrected chi connectivity index (χ4v) is 2.47. The number of nitrogens with zero attached hydrogens (tertiary/aromatic N) is 1. The van der Waals surface area contributed by atoms with Crippen molar-refractivity contribution in [1.29, 1.82) is 0 Å². The Labute approximate surface area is 128 Å². The molecule has 6 heteroatoms. The molecule has 1 rings (SSSR count). The van der Waals surface area contributed by atoms with Crippen molar-refractivity contribution in [2.24, 2.45) is 5.84 Å². The number of rotatable bonds is 6. The van der Waals surface area contributed by atoms with Crippen LogP contribution < -0.4 is 11.3 Å². The minimum Gasteiger partial charge on any atom is -0.389 e. The van der Waals surface area contributed by atoms with Gasteiger partial charge >= 0.3 is 0 Å². The van der Waals surface area contributed by atoms with Gasteiger partial charge in [0.05, 0.1) is 5.60 Å². The molecule has 1 aromatic rings. The minimum absolute atomic E-state index is 0.318. The Morgan fingerprint density at radius 1 is 1.50 bits per heavy atom. The lowest BCUT2D eigenvalue weighted by atomic mass is 10.1. The zero-order valence-electron chi connectivity index (χ0n) is 12.1. The lowest BCUT2D eigenvalue weighted by molar-refractivity contribution is 0.0353. The van der Waals surface area contributed by atoms with E-state index in [0.29, 0.717) is 18.7 Å². The number of amides is 1. The van der Waals surface area contributed by atoms with Crippen LogP contribution in [0.2, 0.25) is 0 Å². The van der Waals surface area contributed by atoms with Crippen molar-refractivity contribution >= 4 is 21.8 Å². The number of nitrogen functional groups attached to an aromatic ring is 1. The maximum atomic E-state index is 11.4. The monoisotopic (exact) mass is 343 g/mol. The van der Waals surface area contributed by atoms with Crippen molar-refractivity contribution in [3.05, 3.63) is 33.8 Å². The molecule has 0 spiro atoms. The molecule has 5 nitrogen and oxygen atoms in total. The zero-order chi connectivity index (χ0) is 15.3. The number of carbonyl (C=O) groups is 1. The van der Waals surface area contributed by atoms with E-state index in [1.807, 2.05) is 6.07 Å². The second kappa shape index (κ2) is 7.17. The molecule has 0 bridgehead atoms. The number of hydrogen-bond acceptors (Lipinski definition) is 4. The first-order valence-electron chi connectivity index (χ1n) is 6.51. The quantitative estimate of drug-likeness (QED) is 0.417. The van der Waals surface area contributed by atoms with Gasteiger partial charge in [0, 0.05) is 23.1 Å². The Morgan fingerprint density at radius 2 is 2.15 bits per heavy atom. The van der Waals surface area contributed by atoms with Crippen molar-refractivity contribution < 1.29 is 9.90 Å². The number of likely N-dealkylation sites (N-methyl/N-ethyl adjacent to an activating group) is 1. The van der Waals surface area contributed by atoms with Crippen LogP contribution >= 0.6 is 15.9 Å². The lowest BCUT2D eigenvalue weighted by Gasteiger charge is -2.28. The number of benzene rings is 1. The van der Waals surface area contributed by atoms with Crippen molar-refractivity contribution in [2.75, 3.05) is 13.1 Å². The van der Waals surface area contributed by atoms with Gasteiger partial charge in [0.15, 0.2) is 0 Å². The molecule has 0 unspecified atom stereocenters. The summed E-state index contributed by atoms with van der Waals surface area (Å²) in [5, 5.41) is 9.90. The molecule has 20 heavy (non-hydrogen) atoms. The molecule has 0 aliphatic carbocycles. The van der Waals surface area contributed by atoms with Gasteiger partial charge in [-0.3, -0.25) is 15.1 Å². The molecule has 112 valence electrons. The summed E-state index contributed by atoms with van der Waals surface area (Å²) in [6, 6.07) is 5.37. The van der Waals surface area contributed by atoms with Crippen LogP contribution in [0.1, 0.15) is 36.7 Å². The van der Waals surface area contributed by atoms with Crippen molar-refractivity contribution in [1.82, 2.24) is 10.3 Å². The smallest absolute Gasteiger partial charge is 0.265 e. The highest BCUT2D eigenvalue weighted by Crippen LogP contribution is 2.21. The number of hydrogen-bond donors (Lipinski definition) is 3. The largest absolute Gasteiger partial charge is 0.389 e. The van der Waals surface area contributed by atoms with E-state index < -0.39 is 5.60 Å². The van der Waals surface area contributed by atoms with Gasteiger partial charge in [0.1, 0.15) is 0 Å². The van der Waals surface area contributed by atoms with Crippen LogP contribution in [0.15, 0.2) is 22.7 Å². The van der Waals surface area contributed by atoms with E-state index in [2.05, 4.69) is 33.2 Å². The van der Waals surface area contributed by atoms with Gasteiger partial charge in [-0.2, -0.15) is 0 Å². The number of hydrazine groups is 1. The third kappa shape index (κ3) is 5.20. The van der Waals surface area contributed by atoms with Gasteiger partial charge in [0.25, 0.3) is 5.91 Å². The fraction of sp³-hybridized carbons (Fsp3) is 0.500. The predicted octanol–water partition coefficient (Wildman–Crippen LogP) is 1.65. The summed E-state index contributed by atoms with van der Waals surface area (Å²) in [6.45, 7) is 7.75. The molecule has 0 aliphatic rings. The van der Waals surface area contributed by atoms with Crippen molar-refractivity contribution in [3.8, 4) is 0 Å². The molecular formula is C14H22BrN3O2. The topological polar surface area (TPSA) is 78.6 Å². The first kappa shape index (κ1) is 17.1. The van der Waals surface area contributed by atoms with Crippen LogP contribution in [0.3, 0.4) is 0 Å². The molecule has 0 saturated heterocycles. The molecule has 1 amide bonds. The fourth-order valence-electron chi connectivity index (χ4n) is 1.97. The Morgan fingerprint density at radius 3 is 2.60 bits per heavy atom. The number of nitrogens with two attached hydrogens (primary N) is 1. The van der Waals surface area contributed by atoms with Crippen LogP contribution in [0.25, 0.3) is 0 Å². The summed E-state index contributed by atoms with van der Waals surface area (Å²) in [4.78, 5) is 13.6. The predicted molar refractivity (Wildman–Crippen MR) is 83.0 cm³/mol. The maximum Gasteiger partial charge on any atom is 0.265 e. The van der Waals surface area contributed by atoms with Crippen LogP contribution in [0, 0.1) is 0 Å². The molecule has 0 atom stereocenters. The van der Waals surface area contributed by atoms with Crippen molar-refractivity contribution in [2.45, 2.75) is 32.9 Å². The highest BCUT2D eigenvalue weighted by molar-refractivity contribution is 9.10. The molecule has 0 saturated carbocycles. The van der Waals surface area contributed by atoms with Crippen LogP contribution in [-0.2, 0) is 6.54 Å². The van der Waals surface area contributed by atoms with E-state index >= 15 is 0 Å². The van der Waals surface area contributed by atoms with E-state index in [0.717, 1.165) is 16.6 Å². The standard InChI is InChI=1S/C14H22BrN3O2/c1-4-18(9-14(2,3)20)8-11-6-5-10(7-12(11)15)13(19)17-16/h5-7,20H,4,8-9,16H2,1-3H3,(H,17,19). The zero-order valence-corrected chi connectivity index (χ0v) is 13.7. The Kier molecular flexibility index (Phi) is 6.13. The average Bonchev–Trinajstić information content (AvgIpc) is 2.37. The summed E-state index contributed by atoms with van der Waals surface area (Å²) in [6.07, 6.45) is 0. The minimum atomic E-state index is -0.734. The number of halogens is 1. The molecule has 0 radical (unpaired) electrons. The van der Waals surface area contributed by atoms with Gasteiger partial charge in [-0.1, -0.05) is 28.9 Å². The van der Waals surface area contributed by atoms with Crippen LogP contribution in [0.4, 0.5) is 0 Å². The van der Waals surface area contributed by atoms with Crippen LogP contribution in [0.5, 0.6) is 0 Å². The third-order valence-corrected chi connectivity index (χ3v) is 3.64. The molecular weight excluding hydrogens is 322 g/mol. The molecule has 0 fully saturated rings. The molecule has 0 aliphatic heterocycles. The van der Waals surface area contributed by atoms with Gasteiger partial charge in [0.2, 0.25) is 0 Å². The molecule has 1 aromatic carbocycles. The second-order valence-electron chi connectivity index (χ2n) is 5.40. The average molecular weight is 344 g/mol. The summed E-state index contributed by atoms with van der Waals surface area (Å²) < 4.78 is 0.854. The Bertz CT molecular complexity index is 472. The van der Waals surface area contributed by atoms with Gasteiger partial charge in [-0.25, -0.2) is 5.84 Å². The summed E-state index contributed by atoms with van der Waals surface area (Å²) in [7, 11) is 0. The van der Waals surface area contributed by atoms with E-state index in [1.54, 1.807) is 26.0 Å². The van der Waals surface area contributed by atoms with Gasteiger partial charge < -0.3 is 5.11 Å². The third-order valence-electron chi connectivity index (χ3n) is 2.90. The highest BCUT2D eigenvalue weighted by Gasteiger charge is 2.18. The first-order chi connectivity index (χ1) is 9.26. The van der Waals surface area contributed by atoms with Crippen LogP contribution in [-0.4, -0.2) is 34.6 Å². The second-order valence-corrected chi connectivity index (χ2v) is 6.25. The molecule has 0 heterocycles. The Balaban J connectivity index is 2.84. The number of carbonyl (C=O) groups excluding carboxylic acids is 1. The van der Waals surface area contributed by atoms with Gasteiger partial charge in [-0.05, 0) is 38.1 Å². The SMILES string of the molecule is CCN(Cc1ccc(C(=O)NN)cc1Br)CC(C)(C)O. The normalized spacial score (nSPS) is 11.8. The van der Waals surface area contributed by atoms with Crippen molar-refractivity contribution in [3.63, 3.8) is 0 Å². The molecule has 0 aromatic heterocycles. The first-order valence-corrected chi connectivity index (χ1v) is 7.30. The van der Waals surface area contributed by atoms with E-state index in [-0.39, 0.29) is 5.91 Å². The number of nitrogens with one attached hydrogen (secondary N) is 1. The number of aliphatic hydroxyl groups is 1. The van der Waals surface area contributed by atoms with E-state index in [9.17, 15) is 9.90 Å². The summed E-state index contributed by atoms with van der Waals surface area (Å²) in [5.41, 5.74) is 2.94. The van der Waals surface area contributed by atoms with E-state index in [1.165, 1.54) is 0 Å². The van der Waals surface area contributed by atoms with E-state index in [4.69, 9.17) is 5.84 Å². The lowest BCUT2D eigenvalue weighted by Crippen LogP contribution is -2.38.